The molecule has 0 unspecified atom stereocenters. The molecule has 7 nitrogen and oxygen atoms in total. The molecule has 2 N–H and O–H groups in total. The Bertz CT molecular complexity index is 855. The minimum atomic E-state index is -0.127. The van der Waals surface area contributed by atoms with E-state index in [0.717, 1.165) is 44.2 Å². The van der Waals surface area contributed by atoms with Crippen LogP contribution in [0.15, 0.2) is 59.6 Å². The first-order valence-electron chi connectivity index (χ1n) is 10.9. The number of methoxy groups -OCH3 is 1. The van der Waals surface area contributed by atoms with Crippen LogP contribution in [-0.2, 0) is 0 Å². The Kier molecular flexibility index (Phi) is 11.1. The number of halogens is 1. The summed E-state index contributed by atoms with van der Waals surface area (Å²) in [6, 6.07) is 17.1. The molecule has 2 aromatic rings. The summed E-state index contributed by atoms with van der Waals surface area (Å²) in [6.07, 6.45) is 2.13. The third kappa shape index (κ3) is 7.89. The van der Waals surface area contributed by atoms with Gasteiger partial charge in [0, 0.05) is 44.6 Å². The van der Waals surface area contributed by atoms with Crippen molar-refractivity contribution in [3.63, 3.8) is 0 Å². The standard InChI is InChI=1S/C24H32N4O3.HI/c1-3-25-24(27-15-14-26-23(29)19-8-7-11-22(18-19)30-2)28-16-12-21(13-17-28)31-20-9-5-4-6-10-20;/h4-11,18,21H,3,12-17H2,1-2H3,(H,25,27)(H,26,29);1H. The summed E-state index contributed by atoms with van der Waals surface area (Å²) >= 11 is 0. The van der Waals surface area contributed by atoms with Crippen molar-refractivity contribution in [3.05, 3.63) is 60.2 Å². The minimum Gasteiger partial charge on any atom is -0.497 e. The molecule has 3 rings (SSSR count). The zero-order chi connectivity index (χ0) is 21.9. The van der Waals surface area contributed by atoms with Gasteiger partial charge in [-0.05, 0) is 37.3 Å². The normalized spacial score (nSPS) is 14.3. The van der Waals surface area contributed by atoms with Crippen molar-refractivity contribution in [1.29, 1.82) is 0 Å². The van der Waals surface area contributed by atoms with Crippen LogP contribution in [0, 0.1) is 0 Å². The Hall–Kier alpha value is -2.49. The zero-order valence-corrected chi connectivity index (χ0v) is 21.1. The predicted octanol–water partition coefficient (Wildman–Crippen LogP) is 3.55. The number of benzene rings is 2. The van der Waals surface area contributed by atoms with E-state index in [1.807, 2.05) is 36.4 Å². The van der Waals surface area contributed by atoms with E-state index >= 15 is 0 Å². The monoisotopic (exact) mass is 552 g/mol. The van der Waals surface area contributed by atoms with Crippen LogP contribution in [0.1, 0.15) is 30.1 Å². The number of nitrogens with one attached hydrogen (secondary N) is 2. The average molecular weight is 552 g/mol. The van der Waals surface area contributed by atoms with E-state index in [1.54, 1.807) is 25.3 Å². The summed E-state index contributed by atoms with van der Waals surface area (Å²) < 4.78 is 11.3. The Morgan fingerprint density at radius 2 is 1.78 bits per heavy atom. The number of para-hydroxylation sites is 1. The van der Waals surface area contributed by atoms with Crippen molar-refractivity contribution < 1.29 is 14.3 Å². The van der Waals surface area contributed by atoms with Gasteiger partial charge in [-0.3, -0.25) is 9.79 Å². The van der Waals surface area contributed by atoms with Crippen LogP contribution in [-0.4, -0.2) is 62.7 Å². The highest BCUT2D eigenvalue weighted by Gasteiger charge is 2.22. The predicted molar refractivity (Wildman–Crippen MR) is 138 cm³/mol. The van der Waals surface area contributed by atoms with E-state index in [4.69, 9.17) is 14.5 Å². The van der Waals surface area contributed by atoms with E-state index in [2.05, 4.69) is 22.5 Å². The van der Waals surface area contributed by atoms with Gasteiger partial charge >= 0.3 is 0 Å². The second-order valence-electron chi connectivity index (χ2n) is 7.34. The van der Waals surface area contributed by atoms with Crippen LogP contribution in [0.5, 0.6) is 11.5 Å². The Morgan fingerprint density at radius 1 is 1.06 bits per heavy atom. The summed E-state index contributed by atoms with van der Waals surface area (Å²) in [5.74, 6) is 2.35. The Labute approximate surface area is 207 Å². The van der Waals surface area contributed by atoms with E-state index in [0.29, 0.717) is 24.4 Å². The number of aliphatic imine (C=N–C) groups is 1. The molecule has 1 amide bonds. The summed E-state index contributed by atoms with van der Waals surface area (Å²) in [4.78, 5) is 19.3. The van der Waals surface area contributed by atoms with Crippen molar-refractivity contribution in [2.75, 3.05) is 39.8 Å². The summed E-state index contributed by atoms with van der Waals surface area (Å²) in [5.41, 5.74) is 0.579. The van der Waals surface area contributed by atoms with Crippen LogP contribution in [0.25, 0.3) is 0 Å². The number of ether oxygens (including phenoxy) is 2. The highest BCUT2D eigenvalue weighted by Crippen LogP contribution is 2.18. The van der Waals surface area contributed by atoms with Crippen LogP contribution in [0.2, 0.25) is 0 Å². The molecule has 0 spiro atoms. The molecular weight excluding hydrogens is 519 g/mol. The second-order valence-corrected chi connectivity index (χ2v) is 7.34. The van der Waals surface area contributed by atoms with Gasteiger partial charge in [0.05, 0.1) is 13.7 Å². The number of hydrogen-bond acceptors (Lipinski definition) is 4. The molecular formula is C24H33IN4O3. The minimum absolute atomic E-state index is 0. The molecule has 1 fully saturated rings. The van der Waals surface area contributed by atoms with E-state index in [1.165, 1.54) is 0 Å². The summed E-state index contributed by atoms with van der Waals surface area (Å²) in [6.45, 7) is 5.62. The van der Waals surface area contributed by atoms with E-state index in [9.17, 15) is 4.79 Å². The van der Waals surface area contributed by atoms with Gasteiger partial charge in [0.1, 0.15) is 17.6 Å². The molecule has 1 aliphatic heterocycles. The van der Waals surface area contributed by atoms with Crippen LogP contribution >= 0.6 is 24.0 Å². The van der Waals surface area contributed by atoms with Crippen molar-refractivity contribution in [1.82, 2.24) is 15.5 Å². The van der Waals surface area contributed by atoms with Crippen LogP contribution in [0.4, 0.5) is 0 Å². The largest absolute Gasteiger partial charge is 0.497 e. The van der Waals surface area contributed by atoms with Crippen LogP contribution < -0.4 is 20.1 Å². The van der Waals surface area contributed by atoms with Crippen molar-refractivity contribution >= 4 is 35.8 Å². The number of carbonyl (C=O) groups is 1. The van der Waals surface area contributed by atoms with Gasteiger partial charge in [0.2, 0.25) is 0 Å². The number of rotatable bonds is 8. The maximum absolute atomic E-state index is 12.3. The molecule has 0 atom stereocenters. The third-order valence-electron chi connectivity index (χ3n) is 5.11. The summed E-state index contributed by atoms with van der Waals surface area (Å²) in [7, 11) is 1.59. The fourth-order valence-electron chi connectivity index (χ4n) is 3.50. The molecule has 174 valence electrons. The lowest BCUT2D eigenvalue weighted by Crippen LogP contribution is -2.47. The van der Waals surface area contributed by atoms with Gasteiger partial charge in [0.15, 0.2) is 5.96 Å². The molecule has 0 saturated carbocycles. The number of guanidine groups is 1. The van der Waals surface area contributed by atoms with Crippen molar-refractivity contribution in [2.45, 2.75) is 25.9 Å². The van der Waals surface area contributed by atoms with Crippen LogP contribution in [0.3, 0.4) is 0 Å². The fraction of sp³-hybridized carbons (Fsp3) is 0.417. The SMILES string of the molecule is CCNC(=NCCNC(=O)c1cccc(OC)c1)N1CCC(Oc2ccccc2)CC1.I. The van der Waals surface area contributed by atoms with Crippen molar-refractivity contribution in [2.24, 2.45) is 4.99 Å². The molecule has 32 heavy (non-hydrogen) atoms. The first kappa shape index (κ1) is 25.8. The molecule has 0 radical (unpaired) electrons. The van der Waals surface area contributed by atoms with Gasteiger partial charge < -0.3 is 25.0 Å². The number of likely N-dealkylation sites (tertiary alicyclic amines) is 1. The molecule has 0 aliphatic carbocycles. The molecule has 8 heteroatoms. The zero-order valence-electron chi connectivity index (χ0n) is 18.8. The van der Waals surface area contributed by atoms with Gasteiger partial charge in [-0.25, -0.2) is 0 Å². The molecule has 2 aromatic carbocycles. The Morgan fingerprint density at radius 3 is 2.47 bits per heavy atom. The summed E-state index contributed by atoms with van der Waals surface area (Å²) in [5, 5.41) is 6.27. The number of piperidine rings is 1. The fourth-order valence-corrected chi connectivity index (χ4v) is 3.50. The van der Waals surface area contributed by atoms with Gasteiger partial charge in [-0.2, -0.15) is 0 Å². The highest BCUT2D eigenvalue weighted by atomic mass is 127. The lowest BCUT2D eigenvalue weighted by molar-refractivity contribution is 0.0954. The molecule has 1 heterocycles. The smallest absolute Gasteiger partial charge is 0.251 e. The Balaban J connectivity index is 0.00000363. The number of amides is 1. The molecule has 0 aromatic heterocycles. The van der Waals surface area contributed by atoms with E-state index < -0.39 is 0 Å². The lowest BCUT2D eigenvalue weighted by atomic mass is 10.1. The molecule has 1 aliphatic rings. The van der Waals surface area contributed by atoms with Gasteiger partial charge in [0.25, 0.3) is 5.91 Å². The van der Waals surface area contributed by atoms with Crippen molar-refractivity contribution in [3.8, 4) is 11.5 Å². The first-order chi connectivity index (χ1) is 15.2. The second kappa shape index (κ2) is 13.8. The van der Waals surface area contributed by atoms with Gasteiger partial charge in [-0.1, -0.05) is 24.3 Å². The number of nitrogens with zero attached hydrogens (tertiary/aromatic N) is 2. The number of carbonyl (C=O) groups excluding carboxylic acids is 1. The first-order valence-corrected chi connectivity index (χ1v) is 10.9. The molecule has 1 saturated heterocycles. The van der Waals surface area contributed by atoms with E-state index in [-0.39, 0.29) is 36.0 Å². The number of hydrogen-bond donors (Lipinski definition) is 2. The quantitative estimate of drug-likeness (QED) is 0.227. The third-order valence-corrected chi connectivity index (χ3v) is 5.11. The maximum atomic E-state index is 12.3. The van der Waals surface area contributed by atoms with Gasteiger partial charge in [-0.15, -0.1) is 24.0 Å². The topological polar surface area (TPSA) is 75.2 Å². The lowest BCUT2D eigenvalue weighted by Gasteiger charge is -2.34. The molecule has 0 bridgehead atoms. The highest BCUT2D eigenvalue weighted by molar-refractivity contribution is 14.0. The average Bonchev–Trinajstić information content (AvgIpc) is 2.82. The maximum Gasteiger partial charge on any atom is 0.251 e.